The van der Waals surface area contributed by atoms with Crippen LogP contribution in [0.15, 0.2) is 28.7 Å². The molecule has 1 aliphatic rings. The number of oxazole rings is 1. The van der Waals surface area contributed by atoms with E-state index in [0.29, 0.717) is 12.6 Å². The lowest BCUT2D eigenvalue weighted by Gasteiger charge is -2.25. The van der Waals surface area contributed by atoms with Gasteiger partial charge in [0.2, 0.25) is 5.91 Å². The van der Waals surface area contributed by atoms with E-state index in [9.17, 15) is 4.79 Å². The highest BCUT2D eigenvalue weighted by molar-refractivity contribution is 5.81. The van der Waals surface area contributed by atoms with Gasteiger partial charge in [-0.25, -0.2) is 0 Å². The van der Waals surface area contributed by atoms with Gasteiger partial charge in [-0.3, -0.25) is 4.79 Å². The van der Waals surface area contributed by atoms with Crippen LogP contribution >= 0.6 is 0 Å². The molecule has 1 atom stereocenters. The monoisotopic (exact) mass is 301 g/mol. The SMILES string of the molecule is CC(C)(C)C(=O)NCC1CCCN1c1nc2ccccc2o1. The van der Waals surface area contributed by atoms with E-state index >= 15 is 0 Å². The molecule has 0 aliphatic carbocycles. The van der Waals surface area contributed by atoms with Crippen molar-refractivity contribution < 1.29 is 9.21 Å². The molecule has 1 aromatic carbocycles. The first-order valence-corrected chi connectivity index (χ1v) is 7.86. The average Bonchev–Trinajstić information content (AvgIpc) is 3.09. The highest BCUT2D eigenvalue weighted by atomic mass is 16.4. The zero-order chi connectivity index (χ0) is 15.7. The molecule has 118 valence electrons. The van der Waals surface area contributed by atoms with Gasteiger partial charge in [-0.05, 0) is 25.0 Å². The highest BCUT2D eigenvalue weighted by Gasteiger charge is 2.30. The number of hydrogen-bond donors (Lipinski definition) is 1. The molecule has 1 aliphatic heterocycles. The zero-order valence-electron chi connectivity index (χ0n) is 13.4. The first-order valence-electron chi connectivity index (χ1n) is 7.86. The van der Waals surface area contributed by atoms with Crippen molar-refractivity contribution in [1.29, 1.82) is 0 Å². The summed E-state index contributed by atoms with van der Waals surface area (Å²) in [5.74, 6) is 0.0805. The third-order valence-electron chi connectivity index (χ3n) is 4.08. The molecule has 1 unspecified atom stereocenters. The smallest absolute Gasteiger partial charge is 0.298 e. The van der Waals surface area contributed by atoms with Crippen LogP contribution in [0.4, 0.5) is 6.01 Å². The molecule has 0 spiro atoms. The van der Waals surface area contributed by atoms with Crippen molar-refractivity contribution in [3.8, 4) is 0 Å². The Balaban J connectivity index is 1.71. The summed E-state index contributed by atoms with van der Waals surface area (Å²) in [6.07, 6.45) is 2.14. The molecule has 1 fully saturated rings. The van der Waals surface area contributed by atoms with Gasteiger partial charge in [0.15, 0.2) is 5.58 Å². The lowest BCUT2D eigenvalue weighted by molar-refractivity contribution is -0.128. The van der Waals surface area contributed by atoms with Crippen LogP contribution in [-0.2, 0) is 4.79 Å². The highest BCUT2D eigenvalue weighted by Crippen LogP contribution is 2.28. The first kappa shape index (κ1) is 14.9. The number of para-hydroxylation sites is 2. The van der Waals surface area contributed by atoms with Gasteiger partial charge in [0.1, 0.15) is 5.52 Å². The predicted octanol–water partition coefficient (Wildman–Crippen LogP) is 2.96. The van der Waals surface area contributed by atoms with Crippen LogP contribution in [0.1, 0.15) is 33.6 Å². The van der Waals surface area contributed by atoms with Crippen LogP contribution in [0.2, 0.25) is 0 Å². The molecule has 5 nitrogen and oxygen atoms in total. The Morgan fingerprint density at radius 1 is 1.41 bits per heavy atom. The predicted molar refractivity (Wildman–Crippen MR) is 86.8 cm³/mol. The van der Waals surface area contributed by atoms with Crippen LogP contribution in [0.25, 0.3) is 11.1 Å². The average molecular weight is 301 g/mol. The minimum atomic E-state index is -0.360. The number of fused-ring (bicyclic) bond motifs is 1. The lowest BCUT2D eigenvalue weighted by Crippen LogP contribution is -2.43. The van der Waals surface area contributed by atoms with Crippen molar-refractivity contribution in [3.05, 3.63) is 24.3 Å². The number of carbonyl (C=O) groups is 1. The van der Waals surface area contributed by atoms with Crippen LogP contribution in [0.3, 0.4) is 0 Å². The van der Waals surface area contributed by atoms with E-state index in [1.165, 1.54) is 0 Å². The standard InChI is InChI=1S/C17H23N3O2/c1-17(2,3)15(21)18-11-12-7-6-10-20(12)16-19-13-8-4-5-9-14(13)22-16/h4-5,8-9,12H,6-7,10-11H2,1-3H3,(H,18,21). The number of nitrogens with one attached hydrogen (secondary N) is 1. The van der Waals surface area contributed by atoms with Crippen LogP contribution in [-0.4, -0.2) is 30.0 Å². The second-order valence-electron chi connectivity index (χ2n) is 6.91. The molecule has 0 saturated carbocycles. The van der Waals surface area contributed by atoms with Gasteiger partial charge in [0.05, 0.1) is 6.04 Å². The van der Waals surface area contributed by atoms with Crippen molar-refractivity contribution >= 4 is 23.0 Å². The van der Waals surface area contributed by atoms with Crippen LogP contribution < -0.4 is 10.2 Å². The quantitative estimate of drug-likeness (QED) is 0.947. The second kappa shape index (κ2) is 5.63. The summed E-state index contributed by atoms with van der Waals surface area (Å²) < 4.78 is 5.86. The number of anilines is 1. The van der Waals surface area contributed by atoms with Gasteiger partial charge >= 0.3 is 0 Å². The fraction of sp³-hybridized carbons (Fsp3) is 0.529. The summed E-state index contributed by atoms with van der Waals surface area (Å²) in [6, 6.07) is 8.70. The van der Waals surface area contributed by atoms with E-state index in [-0.39, 0.29) is 17.4 Å². The Hall–Kier alpha value is -2.04. The Morgan fingerprint density at radius 2 is 2.18 bits per heavy atom. The first-order chi connectivity index (χ1) is 10.4. The maximum Gasteiger partial charge on any atom is 0.298 e. The Kier molecular flexibility index (Phi) is 3.81. The maximum atomic E-state index is 12.0. The van der Waals surface area contributed by atoms with E-state index < -0.39 is 0 Å². The third-order valence-corrected chi connectivity index (χ3v) is 4.08. The second-order valence-corrected chi connectivity index (χ2v) is 6.91. The molecule has 1 N–H and O–H groups in total. The normalized spacial score (nSPS) is 18.9. The van der Waals surface area contributed by atoms with E-state index in [0.717, 1.165) is 30.5 Å². The summed E-state index contributed by atoms with van der Waals surface area (Å²) in [5, 5.41) is 3.05. The zero-order valence-corrected chi connectivity index (χ0v) is 13.4. The minimum absolute atomic E-state index is 0.0805. The Bertz CT molecular complexity index is 639. The molecule has 0 radical (unpaired) electrons. The molecule has 2 aromatic rings. The van der Waals surface area contributed by atoms with Crippen molar-refractivity contribution in [2.75, 3.05) is 18.0 Å². The van der Waals surface area contributed by atoms with Gasteiger partial charge < -0.3 is 14.6 Å². The van der Waals surface area contributed by atoms with E-state index in [4.69, 9.17) is 4.42 Å². The number of hydrogen-bond acceptors (Lipinski definition) is 4. The van der Waals surface area contributed by atoms with Gasteiger partial charge in [-0.15, -0.1) is 0 Å². The fourth-order valence-electron chi connectivity index (χ4n) is 2.76. The van der Waals surface area contributed by atoms with Crippen molar-refractivity contribution in [3.63, 3.8) is 0 Å². The summed E-state index contributed by atoms with van der Waals surface area (Å²) in [4.78, 5) is 18.8. The van der Waals surface area contributed by atoms with Crippen LogP contribution in [0, 0.1) is 5.41 Å². The van der Waals surface area contributed by atoms with Gasteiger partial charge in [0, 0.05) is 18.5 Å². The molecule has 22 heavy (non-hydrogen) atoms. The number of rotatable bonds is 3. The third kappa shape index (κ3) is 2.93. The largest absolute Gasteiger partial charge is 0.423 e. The van der Waals surface area contributed by atoms with Crippen molar-refractivity contribution in [2.45, 2.75) is 39.7 Å². The molecule has 1 amide bonds. The molecule has 1 aromatic heterocycles. The summed E-state index contributed by atoms with van der Waals surface area (Å²) >= 11 is 0. The molecular formula is C17H23N3O2. The molecule has 1 saturated heterocycles. The topological polar surface area (TPSA) is 58.4 Å². The summed E-state index contributed by atoms with van der Waals surface area (Å²) in [6.45, 7) is 7.33. The lowest BCUT2D eigenvalue weighted by atomic mass is 9.95. The molecular weight excluding hydrogens is 278 g/mol. The Morgan fingerprint density at radius 3 is 2.91 bits per heavy atom. The number of amides is 1. The van der Waals surface area contributed by atoms with Crippen molar-refractivity contribution in [1.82, 2.24) is 10.3 Å². The number of carbonyl (C=O) groups excluding carboxylic acids is 1. The molecule has 2 heterocycles. The molecule has 0 bridgehead atoms. The van der Waals surface area contributed by atoms with Gasteiger partial charge in [-0.1, -0.05) is 32.9 Å². The number of aromatic nitrogens is 1. The minimum Gasteiger partial charge on any atom is -0.423 e. The Labute approximate surface area is 130 Å². The molecule has 5 heteroatoms. The number of nitrogens with zero attached hydrogens (tertiary/aromatic N) is 2. The van der Waals surface area contributed by atoms with Gasteiger partial charge in [0.25, 0.3) is 6.01 Å². The van der Waals surface area contributed by atoms with E-state index in [2.05, 4.69) is 15.2 Å². The van der Waals surface area contributed by atoms with Crippen molar-refractivity contribution in [2.24, 2.45) is 5.41 Å². The summed E-state index contributed by atoms with van der Waals surface area (Å²) in [5.41, 5.74) is 1.32. The van der Waals surface area contributed by atoms with E-state index in [1.54, 1.807) is 0 Å². The van der Waals surface area contributed by atoms with Crippen LogP contribution in [0.5, 0.6) is 0 Å². The van der Waals surface area contributed by atoms with Gasteiger partial charge in [-0.2, -0.15) is 4.98 Å². The maximum absolute atomic E-state index is 12.0. The number of benzene rings is 1. The molecule has 3 rings (SSSR count). The fourth-order valence-corrected chi connectivity index (χ4v) is 2.76. The van der Waals surface area contributed by atoms with E-state index in [1.807, 2.05) is 45.0 Å². The summed E-state index contributed by atoms with van der Waals surface area (Å²) in [7, 11) is 0.